The summed E-state index contributed by atoms with van der Waals surface area (Å²) in [5.41, 5.74) is 0.543. The number of carbonyl (C=O) groups is 1. The van der Waals surface area contributed by atoms with Crippen molar-refractivity contribution in [3.05, 3.63) is 57.4 Å². The Labute approximate surface area is 125 Å². The van der Waals surface area contributed by atoms with Gasteiger partial charge in [-0.2, -0.15) is 0 Å². The van der Waals surface area contributed by atoms with Crippen LogP contribution in [0.25, 0.3) is 0 Å². The monoisotopic (exact) mass is 306 g/mol. The molecule has 0 aliphatic rings. The molecule has 7 nitrogen and oxygen atoms in total. The number of nitrogens with zero attached hydrogens (tertiary/aromatic N) is 2. The van der Waals surface area contributed by atoms with Crippen molar-refractivity contribution in [2.24, 2.45) is 0 Å². The van der Waals surface area contributed by atoms with Gasteiger partial charge in [-0.25, -0.2) is 0 Å². The van der Waals surface area contributed by atoms with Gasteiger partial charge in [-0.05, 0) is 18.2 Å². The summed E-state index contributed by atoms with van der Waals surface area (Å²) in [4.78, 5) is 26.4. The fourth-order valence-electron chi connectivity index (χ4n) is 1.75. The summed E-state index contributed by atoms with van der Waals surface area (Å²) in [5, 5.41) is 16.4. The number of nitro benzene ring substituents is 1. The van der Waals surface area contributed by atoms with Gasteiger partial charge in [-0.15, -0.1) is 0 Å². The molecule has 108 valence electrons. The van der Waals surface area contributed by atoms with Crippen molar-refractivity contribution in [2.75, 3.05) is 17.7 Å². The van der Waals surface area contributed by atoms with Gasteiger partial charge in [0.25, 0.3) is 11.6 Å². The van der Waals surface area contributed by atoms with Crippen LogP contribution in [0.15, 0.2) is 36.7 Å². The highest BCUT2D eigenvalue weighted by Crippen LogP contribution is 2.33. The lowest BCUT2D eigenvalue weighted by Crippen LogP contribution is -2.12. The molecule has 0 radical (unpaired) electrons. The van der Waals surface area contributed by atoms with Crippen LogP contribution >= 0.6 is 11.6 Å². The molecule has 0 atom stereocenters. The second-order valence-electron chi connectivity index (χ2n) is 4.05. The number of rotatable bonds is 4. The number of halogens is 1. The predicted octanol–water partition coefficient (Wildman–Crippen LogP) is 2.94. The number of pyridine rings is 1. The molecule has 2 rings (SSSR count). The van der Waals surface area contributed by atoms with Crippen molar-refractivity contribution in [2.45, 2.75) is 0 Å². The molecule has 0 aliphatic carbocycles. The molecule has 1 aromatic heterocycles. The Hall–Kier alpha value is -2.67. The highest BCUT2D eigenvalue weighted by atomic mass is 35.5. The third kappa shape index (κ3) is 3.26. The van der Waals surface area contributed by atoms with Crippen LogP contribution in [0.2, 0.25) is 5.02 Å². The van der Waals surface area contributed by atoms with E-state index in [2.05, 4.69) is 15.6 Å². The van der Waals surface area contributed by atoms with Gasteiger partial charge in [0.15, 0.2) is 0 Å². The van der Waals surface area contributed by atoms with Crippen molar-refractivity contribution in [3.63, 3.8) is 0 Å². The first-order valence-corrected chi connectivity index (χ1v) is 6.27. The third-order valence-electron chi connectivity index (χ3n) is 2.72. The highest BCUT2D eigenvalue weighted by Gasteiger charge is 2.20. The van der Waals surface area contributed by atoms with E-state index in [1.807, 2.05) is 0 Å². The predicted molar refractivity (Wildman–Crippen MR) is 79.8 cm³/mol. The van der Waals surface area contributed by atoms with Crippen LogP contribution in [-0.4, -0.2) is 22.9 Å². The van der Waals surface area contributed by atoms with Crippen molar-refractivity contribution in [1.29, 1.82) is 0 Å². The maximum absolute atomic E-state index is 12.1. The molecule has 8 heteroatoms. The lowest BCUT2D eigenvalue weighted by atomic mass is 10.1. The number of benzene rings is 1. The Kier molecular flexibility index (Phi) is 4.34. The van der Waals surface area contributed by atoms with Crippen LogP contribution in [0.4, 0.5) is 17.1 Å². The summed E-state index contributed by atoms with van der Waals surface area (Å²) in [6.07, 6.45) is 3.05. The molecule has 0 saturated heterocycles. The smallest absolute Gasteiger partial charge is 0.294 e. The molecule has 1 amide bonds. The van der Waals surface area contributed by atoms with Crippen LogP contribution in [0, 0.1) is 10.1 Å². The number of carbonyl (C=O) groups excluding carboxylic acids is 1. The minimum Gasteiger partial charge on any atom is -0.381 e. The van der Waals surface area contributed by atoms with E-state index in [1.54, 1.807) is 12.1 Å². The van der Waals surface area contributed by atoms with Crippen LogP contribution in [0.3, 0.4) is 0 Å². The van der Waals surface area contributed by atoms with Gasteiger partial charge in [0, 0.05) is 36.8 Å². The minimum atomic E-state index is -0.596. The molecule has 0 bridgehead atoms. The van der Waals surface area contributed by atoms with Gasteiger partial charge in [-0.1, -0.05) is 11.6 Å². The van der Waals surface area contributed by atoms with E-state index in [1.165, 1.54) is 31.6 Å². The zero-order chi connectivity index (χ0) is 15.4. The van der Waals surface area contributed by atoms with E-state index in [0.29, 0.717) is 5.69 Å². The van der Waals surface area contributed by atoms with Crippen molar-refractivity contribution >= 4 is 34.6 Å². The fraction of sp³-hybridized carbons (Fsp3) is 0.0769. The molecule has 1 aromatic carbocycles. The molecule has 0 unspecified atom stereocenters. The Morgan fingerprint density at radius 2 is 2.00 bits per heavy atom. The molecule has 2 aromatic rings. The lowest BCUT2D eigenvalue weighted by Gasteiger charge is -2.08. The molecule has 21 heavy (non-hydrogen) atoms. The maximum Gasteiger partial charge on any atom is 0.294 e. The fourth-order valence-corrected chi connectivity index (χ4v) is 2.06. The normalized spacial score (nSPS) is 10.0. The largest absolute Gasteiger partial charge is 0.381 e. The first kappa shape index (κ1) is 14.7. The Morgan fingerprint density at radius 1 is 1.33 bits per heavy atom. The number of nitrogens with one attached hydrogen (secondary N) is 2. The second kappa shape index (κ2) is 6.19. The quantitative estimate of drug-likeness (QED) is 0.668. The Morgan fingerprint density at radius 3 is 2.57 bits per heavy atom. The number of aromatic nitrogens is 1. The molecular formula is C13H11ClN4O3. The van der Waals surface area contributed by atoms with Crippen molar-refractivity contribution in [3.8, 4) is 0 Å². The topological polar surface area (TPSA) is 97.2 Å². The number of anilines is 2. The molecule has 2 N–H and O–H groups in total. The number of nitro groups is 1. The van der Waals surface area contributed by atoms with E-state index in [0.717, 1.165) is 0 Å². The molecule has 0 saturated carbocycles. The minimum absolute atomic E-state index is 0.0995. The number of hydrogen-bond donors (Lipinski definition) is 2. The number of hydrogen-bond acceptors (Lipinski definition) is 5. The summed E-state index contributed by atoms with van der Waals surface area (Å²) < 4.78 is 0. The summed E-state index contributed by atoms with van der Waals surface area (Å²) in [6.45, 7) is 0. The Balaban J connectivity index is 2.36. The molecule has 1 heterocycles. The van der Waals surface area contributed by atoms with Crippen LogP contribution in [0.5, 0.6) is 0 Å². The van der Waals surface area contributed by atoms with Gasteiger partial charge in [0.1, 0.15) is 5.69 Å². The van der Waals surface area contributed by atoms with Gasteiger partial charge in [0.2, 0.25) is 0 Å². The average Bonchev–Trinajstić information content (AvgIpc) is 2.47. The van der Waals surface area contributed by atoms with Crippen molar-refractivity contribution in [1.82, 2.24) is 4.98 Å². The second-order valence-corrected chi connectivity index (χ2v) is 4.46. The first-order valence-electron chi connectivity index (χ1n) is 5.90. The third-order valence-corrected chi connectivity index (χ3v) is 3.01. The summed E-state index contributed by atoms with van der Waals surface area (Å²) >= 11 is 5.97. The van der Waals surface area contributed by atoms with E-state index in [9.17, 15) is 14.9 Å². The zero-order valence-electron chi connectivity index (χ0n) is 11.0. The summed E-state index contributed by atoms with van der Waals surface area (Å²) in [7, 11) is 1.52. The first-order chi connectivity index (χ1) is 10.0. The van der Waals surface area contributed by atoms with Gasteiger partial charge in [0.05, 0.1) is 9.95 Å². The molecule has 0 fully saturated rings. The van der Waals surface area contributed by atoms with Gasteiger partial charge < -0.3 is 10.6 Å². The SMILES string of the molecule is CNc1c(Cl)cc(C(=O)Nc2ccncc2)cc1[N+](=O)[O-]. The van der Waals surface area contributed by atoms with Crippen LogP contribution < -0.4 is 10.6 Å². The number of amides is 1. The van der Waals surface area contributed by atoms with E-state index >= 15 is 0 Å². The van der Waals surface area contributed by atoms with Gasteiger partial charge >= 0.3 is 0 Å². The van der Waals surface area contributed by atoms with E-state index in [4.69, 9.17) is 11.6 Å². The van der Waals surface area contributed by atoms with Crippen LogP contribution in [-0.2, 0) is 0 Å². The molecule has 0 spiro atoms. The van der Waals surface area contributed by atoms with Gasteiger partial charge in [-0.3, -0.25) is 19.9 Å². The lowest BCUT2D eigenvalue weighted by molar-refractivity contribution is -0.383. The standard InChI is InChI=1S/C13H11ClN4O3/c1-15-12-10(14)6-8(7-11(12)18(20)21)13(19)17-9-2-4-16-5-3-9/h2-7,15H,1H3,(H,16,17,19). The van der Waals surface area contributed by atoms with Crippen LogP contribution in [0.1, 0.15) is 10.4 Å². The highest BCUT2D eigenvalue weighted by molar-refractivity contribution is 6.34. The van der Waals surface area contributed by atoms with E-state index < -0.39 is 10.8 Å². The molecular weight excluding hydrogens is 296 g/mol. The molecule has 0 aliphatic heterocycles. The van der Waals surface area contributed by atoms with E-state index in [-0.39, 0.29) is 22.0 Å². The maximum atomic E-state index is 12.1. The zero-order valence-corrected chi connectivity index (χ0v) is 11.7. The average molecular weight is 307 g/mol. The Bertz CT molecular complexity index is 691. The summed E-state index contributed by atoms with van der Waals surface area (Å²) in [6, 6.07) is 5.76. The summed E-state index contributed by atoms with van der Waals surface area (Å²) in [5.74, 6) is -0.492. The van der Waals surface area contributed by atoms with Crippen molar-refractivity contribution < 1.29 is 9.72 Å².